The Labute approximate surface area is 230 Å². The molecule has 0 spiro atoms. The van der Waals surface area contributed by atoms with Gasteiger partial charge in [0, 0.05) is 51.0 Å². The molecule has 0 saturated carbocycles. The monoisotopic (exact) mass is 539 g/mol. The number of hydrogen-bond acceptors (Lipinski definition) is 10. The number of esters is 1. The summed E-state index contributed by atoms with van der Waals surface area (Å²) < 4.78 is 18.8. The van der Waals surface area contributed by atoms with Crippen molar-refractivity contribution in [2.24, 2.45) is 0 Å². The smallest absolute Gasteiger partial charge is 0.344 e. The Kier molecular flexibility index (Phi) is 10.2. The second kappa shape index (κ2) is 14.0. The van der Waals surface area contributed by atoms with E-state index in [9.17, 15) is 4.79 Å². The van der Waals surface area contributed by atoms with Crippen molar-refractivity contribution < 1.29 is 19.0 Å². The Morgan fingerprint density at radius 1 is 1.13 bits per heavy atom. The SMILES string of the molecule is CCCCCNc1nc(N)nc2ccn(Cc3cc(OCC(=O)OCCN4CCN(C)CC4)ccc3OC)c12. The summed E-state index contributed by atoms with van der Waals surface area (Å²) >= 11 is 0. The number of piperazine rings is 1. The number of nitrogens with one attached hydrogen (secondary N) is 1. The van der Waals surface area contributed by atoms with E-state index in [0.29, 0.717) is 30.5 Å². The molecule has 0 atom stereocenters. The molecule has 1 aliphatic rings. The van der Waals surface area contributed by atoms with Crippen molar-refractivity contribution in [3.63, 3.8) is 0 Å². The Morgan fingerprint density at radius 2 is 1.95 bits per heavy atom. The third kappa shape index (κ3) is 7.96. The third-order valence-corrected chi connectivity index (χ3v) is 6.92. The van der Waals surface area contributed by atoms with Crippen molar-refractivity contribution >= 4 is 28.8 Å². The van der Waals surface area contributed by atoms with E-state index in [-0.39, 0.29) is 18.5 Å². The van der Waals surface area contributed by atoms with Crippen molar-refractivity contribution in [3.05, 3.63) is 36.0 Å². The Hall–Kier alpha value is -3.57. The van der Waals surface area contributed by atoms with Crippen LogP contribution in [-0.2, 0) is 16.1 Å². The number of carbonyl (C=O) groups is 1. The number of fused-ring (bicyclic) bond motifs is 1. The Bertz CT molecular complexity index is 1220. The number of nitrogen functional groups attached to an aromatic ring is 1. The fourth-order valence-electron chi connectivity index (χ4n) is 4.66. The molecule has 0 amide bonds. The van der Waals surface area contributed by atoms with Gasteiger partial charge in [0.1, 0.15) is 23.6 Å². The van der Waals surface area contributed by atoms with Gasteiger partial charge in [-0.1, -0.05) is 19.8 Å². The summed E-state index contributed by atoms with van der Waals surface area (Å²) in [5.74, 6) is 1.85. The maximum atomic E-state index is 12.3. The molecule has 1 fully saturated rings. The molecule has 11 nitrogen and oxygen atoms in total. The molecule has 39 heavy (non-hydrogen) atoms. The molecule has 1 saturated heterocycles. The minimum absolute atomic E-state index is 0.153. The predicted molar refractivity (Wildman–Crippen MR) is 152 cm³/mol. The van der Waals surface area contributed by atoms with E-state index in [1.54, 1.807) is 13.2 Å². The van der Waals surface area contributed by atoms with Crippen molar-refractivity contribution in [1.82, 2.24) is 24.3 Å². The van der Waals surface area contributed by atoms with Crippen LogP contribution in [0.15, 0.2) is 30.5 Å². The molecular formula is C28H41N7O4. The van der Waals surface area contributed by atoms with E-state index in [1.165, 1.54) is 0 Å². The highest BCUT2D eigenvalue weighted by atomic mass is 16.6. The first-order valence-electron chi connectivity index (χ1n) is 13.7. The van der Waals surface area contributed by atoms with Crippen LogP contribution in [0, 0.1) is 0 Å². The number of anilines is 2. The first kappa shape index (κ1) is 28.4. The molecule has 0 radical (unpaired) electrons. The molecule has 3 aromatic rings. The van der Waals surface area contributed by atoms with Gasteiger partial charge in [-0.3, -0.25) is 4.90 Å². The lowest BCUT2D eigenvalue weighted by Crippen LogP contribution is -2.45. The molecule has 2 aromatic heterocycles. The first-order chi connectivity index (χ1) is 19.0. The molecule has 0 aliphatic carbocycles. The molecule has 0 bridgehead atoms. The van der Waals surface area contributed by atoms with Gasteiger partial charge < -0.3 is 34.7 Å². The Balaban J connectivity index is 1.38. The summed E-state index contributed by atoms with van der Waals surface area (Å²) in [5.41, 5.74) is 8.50. The number of nitrogens with zero attached hydrogens (tertiary/aromatic N) is 5. The average molecular weight is 540 g/mol. The van der Waals surface area contributed by atoms with Crippen LogP contribution in [0.3, 0.4) is 0 Å². The third-order valence-electron chi connectivity index (χ3n) is 6.92. The largest absolute Gasteiger partial charge is 0.496 e. The van der Waals surface area contributed by atoms with Gasteiger partial charge in [-0.25, -0.2) is 9.78 Å². The van der Waals surface area contributed by atoms with Gasteiger partial charge >= 0.3 is 5.97 Å². The molecule has 1 aliphatic heterocycles. The van der Waals surface area contributed by atoms with Gasteiger partial charge in [0.2, 0.25) is 5.95 Å². The number of likely N-dealkylation sites (N-methyl/N-ethyl adjacent to an activating group) is 1. The van der Waals surface area contributed by atoms with Crippen LogP contribution in [-0.4, -0.2) is 96.9 Å². The van der Waals surface area contributed by atoms with Crippen LogP contribution in [0.4, 0.5) is 11.8 Å². The quantitative estimate of drug-likeness (QED) is 0.234. The number of nitrogens with two attached hydrogens (primary N) is 1. The number of unbranched alkanes of at least 4 members (excludes halogenated alkanes) is 2. The van der Waals surface area contributed by atoms with Crippen molar-refractivity contribution in [1.29, 1.82) is 0 Å². The lowest BCUT2D eigenvalue weighted by molar-refractivity contribution is -0.146. The van der Waals surface area contributed by atoms with E-state index < -0.39 is 0 Å². The number of benzene rings is 1. The van der Waals surface area contributed by atoms with E-state index in [0.717, 1.165) is 75.1 Å². The molecule has 3 heterocycles. The van der Waals surface area contributed by atoms with E-state index in [1.807, 2.05) is 24.4 Å². The summed E-state index contributed by atoms with van der Waals surface area (Å²) in [7, 11) is 3.75. The summed E-state index contributed by atoms with van der Waals surface area (Å²) in [6, 6.07) is 7.44. The predicted octanol–water partition coefficient (Wildman–Crippen LogP) is 2.84. The van der Waals surface area contributed by atoms with Gasteiger partial charge in [0.15, 0.2) is 12.4 Å². The number of hydrogen-bond donors (Lipinski definition) is 2. The summed E-state index contributed by atoms with van der Waals surface area (Å²) in [4.78, 5) is 25.7. The summed E-state index contributed by atoms with van der Waals surface area (Å²) in [6.07, 6.45) is 5.30. The van der Waals surface area contributed by atoms with Crippen LogP contribution < -0.4 is 20.5 Å². The van der Waals surface area contributed by atoms with E-state index >= 15 is 0 Å². The second-order valence-corrected chi connectivity index (χ2v) is 9.87. The highest BCUT2D eigenvalue weighted by molar-refractivity contribution is 5.87. The van der Waals surface area contributed by atoms with E-state index in [2.05, 4.69) is 43.6 Å². The standard InChI is InChI=1S/C28H41N7O4/c1-4-5-6-10-30-27-26-23(31-28(29)32-27)9-11-35(26)19-21-18-22(7-8-24(21)37-3)39-20-25(36)38-17-16-34-14-12-33(2)13-15-34/h7-9,11,18H,4-6,10,12-17,19-20H2,1-3H3,(H3,29,30,31,32). The molecule has 3 N–H and O–H groups in total. The fraction of sp³-hybridized carbons (Fsp3) is 0.536. The zero-order chi connectivity index (χ0) is 27.6. The topological polar surface area (TPSA) is 120 Å². The van der Waals surface area contributed by atoms with Crippen LogP contribution in [0.2, 0.25) is 0 Å². The highest BCUT2D eigenvalue weighted by Gasteiger charge is 2.16. The Morgan fingerprint density at radius 3 is 2.72 bits per heavy atom. The van der Waals surface area contributed by atoms with Gasteiger partial charge in [0.05, 0.1) is 19.2 Å². The number of ether oxygens (including phenoxy) is 3. The van der Waals surface area contributed by atoms with Crippen molar-refractivity contribution in [2.75, 3.05) is 77.7 Å². The van der Waals surface area contributed by atoms with Crippen LogP contribution in [0.5, 0.6) is 11.5 Å². The summed E-state index contributed by atoms with van der Waals surface area (Å²) in [6.45, 7) is 8.48. The van der Waals surface area contributed by atoms with Gasteiger partial charge in [-0.2, -0.15) is 4.98 Å². The van der Waals surface area contributed by atoms with Gasteiger partial charge in [-0.05, 0) is 37.7 Å². The fourth-order valence-corrected chi connectivity index (χ4v) is 4.66. The summed E-state index contributed by atoms with van der Waals surface area (Å²) in [5, 5.41) is 3.42. The lowest BCUT2D eigenvalue weighted by Gasteiger charge is -2.31. The lowest BCUT2D eigenvalue weighted by atomic mass is 10.2. The molecule has 0 unspecified atom stereocenters. The van der Waals surface area contributed by atoms with Crippen LogP contribution in [0.25, 0.3) is 11.0 Å². The van der Waals surface area contributed by atoms with Gasteiger partial charge in [0.25, 0.3) is 0 Å². The average Bonchev–Trinajstić information content (AvgIpc) is 3.33. The normalized spacial score (nSPS) is 14.4. The number of rotatable bonds is 14. The maximum absolute atomic E-state index is 12.3. The van der Waals surface area contributed by atoms with Gasteiger partial charge in [-0.15, -0.1) is 0 Å². The highest BCUT2D eigenvalue weighted by Crippen LogP contribution is 2.29. The number of methoxy groups -OCH3 is 1. The molecule has 212 valence electrons. The van der Waals surface area contributed by atoms with Crippen molar-refractivity contribution in [3.8, 4) is 11.5 Å². The first-order valence-corrected chi connectivity index (χ1v) is 13.7. The van der Waals surface area contributed by atoms with Crippen molar-refractivity contribution in [2.45, 2.75) is 32.7 Å². The number of aromatic nitrogens is 3. The molecule has 4 rings (SSSR count). The number of carbonyl (C=O) groups excluding carboxylic acids is 1. The van der Waals surface area contributed by atoms with Crippen LogP contribution in [0.1, 0.15) is 31.7 Å². The zero-order valence-electron chi connectivity index (χ0n) is 23.3. The molecule has 11 heteroatoms. The van der Waals surface area contributed by atoms with Crippen LogP contribution >= 0.6 is 0 Å². The minimum Gasteiger partial charge on any atom is -0.496 e. The molecule has 1 aromatic carbocycles. The second-order valence-electron chi connectivity index (χ2n) is 9.87. The maximum Gasteiger partial charge on any atom is 0.344 e. The van der Waals surface area contributed by atoms with E-state index in [4.69, 9.17) is 19.9 Å². The molecular weight excluding hydrogens is 498 g/mol. The minimum atomic E-state index is -0.383. The zero-order valence-corrected chi connectivity index (χ0v) is 23.3.